The van der Waals surface area contributed by atoms with Gasteiger partial charge in [-0.2, -0.15) is 5.26 Å². The van der Waals surface area contributed by atoms with E-state index < -0.39 is 0 Å². The van der Waals surface area contributed by atoms with Gasteiger partial charge in [-0.15, -0.1) is 0 Å². The quantitative estimate of drug-likeness (QED) is 0.664. The fourth-order valence-electron chi connectivity index (χ4n) is 2.22. The molecule has 0 aliphatic heterocycles. The summed E-state index contributed by atoms with van der Waals surface area (Å²) < 4.78 is 0. The van der Waals surface area contributed by atoms with Crippen molar-refractivity contribution in [2.75, 3.05) is 0 Å². The molecule has 2 atom stereocenters. The van der Waals surface area contributed by atoms with Gasteiger partial charge < -0.3 is 0 Å². The Labute approximate surface area is 92.0 Å². The van der Waals surface area contributed by atoms with Gasteiger partial charge in [0.15, 0.2) is 0 Å². The summed E-state index contributed by atoms with van der Waals surface area (Å²) >= 11 is 0. The molecule has 2 unspecified atom stereocenters. The first kappa shape index (κ1) is 12.0. The molecule has 15 heavy (non-hydrogen) atoms. The van der Waals surface area contributed by atoms with E-state index in [4.69, 9.17) is 5.26 Å². The van der Waals surface area contributed by atoms with Crippen molar-refractivity contribution in [3.63, 3.8) is 0 Å². The van der Waals surface area contributed by atoms with Gasteiger partial charge in [-0.05, 0) is 32.1 Å². The van der Waals surface area contributed by atoms with Gasteiger partial charge in [-0.3, -0.25) is 4.79 Å². The van der Waals surface area contributed by atoms with Crippen molar-refractivity contribution in [2.45, 2.75) is 46.0 Å². The van der Waals surface area contributed by atoms with Crippen LogP contribution in [0.1, 0.15) is 46.0 Å². The minimum absolute atomic E-state index is 0.248. The van der Waals surface area contributed by atoms with Gasteiger partial charge in [-0.1, -0.05) is 19.1 Å². The number of allylic oxidation sites excluding steroid dienone is 1. The molecule has 0 spiro atoms. The first-order valence-electron chi connectivity index (χ1n) is 5.55. The van der Waals surface area contributed by atoms with Crippen LogP contribution >= 0.6 is 0 Å². The zero-order chi connectivity index (χ0) is 11.5. The van der Waals surface area contributed by atoms with Gasteiger partial charge in [0.1, 0.15) is 5.78 Å². The van der Waals surface area contributed by atoms with Crippen LogP contribution in [0.3, 0.4) is 0 Å². The van der Waals surface area contributed by atoms with Crippen LogP contribution in [0.4, 0.5) is 0 Å². The average Bonchev–Trinajstić information content (AvgIpc) is 2.19. The molecular weight excluding hydrogens is 186 g/mol. The zero-order valence-electron chi connectivity index (χ0n) is 9.68. The third-order valence-corrected chi connectivity index (χ3v) is 3.64. The van der Waals surface area contributed by atoms with Crippen LogP contribution in [0.5, 0.6) is 0 Å². The minimum Gasteiger partial charge on any atom is -0.299 e. The normalized spacial score (nSPS) is 31.0. The van der Waals surface area contributed by atoms with Crippen LogP contribution in [0, 0.1) is 22.7 Å². The molecule has 1 rings (SSSR count). The largest absolute Gasteiger partial charge is 0.299 e. The molecule has 0 radical (unpaired) electrons. The van der Waals surface area contributed by atoms with Crippen LogP contribution in [-0.4, -0.2) is 5.78 Å². The smallest absolute Gasteiger partial charge is 0.139 e. The van der Waals surface area contributed by atoms with E-state index in [1.807, 2.05) is 13.8 Å². The maximum atomic E-state index is 12.0. The molecule has 0 aromatic heterocycles. The molecule has 0 aromatic carbocycles. The van der Waals surface area contributed by atoms with Gasteiger partial charge in [0.25, 0.3) is 0 Å². The molecule has 0 bridgehead atoms. The maximum Gasteiger partial charge on any atom is 0.139 e. The second kappa shape index (κ2) is 4.61. The average molecular weight is 205 g/mol. The highest BCUT2D eigenvalue weighted by Crippen LogP contribution is 2.40. The summed E-state index contributed by atoms with van der Waals surface area (Å²) in [6.07, 6.45) is 3.77. The Morgan fingerprint density at radius 3 is 2.87 bits per heavy atom. The Bertz CT molecular complexity index is 313. The Morgan fingerprint density at radius 1 is 1.73 bits per heavy atom. The topological polar surface area (TPSA) is 40.9 Å². The summed E-state index contributed by atoms with van der Waals surface area (Å²) in [5.74, 6) is 0.685. The van der Waals surface area contributed by atoms with Crippen molar-refractivity contribution in [3.8, 4) is 6.07 Å². The third-order valence-electron chi connectivity index (χ3n) is 3.64. The van der Waals surface area contributed by atoms with E-state index in [1.54, 1.807) is 0 Å². The number of carbonyl (C=O) groups is 1. The SMILES string of the molecule is C=C(C)C1CCC(C)(CCC#N)C(=O)C1. The van der Waals surface area contributed by atoms with Crippen molar-refractivity contribution < 1.29 is 4.79 Å². The Hall–Kier alpha value is -1.10. The summed E-state index contributed by atoms with van der Waals surface area (Å²) in [5.41, 5.74) is 0.868. The molecule has 82 valence electrons. The summed E-state index contributed by atoms with van der Waals surface area (Å²) in [7, 11) is 0. The van der Waals surface area contributed by atoms with Crippen molar-refractivity contribution in [1.29, 1.82) is 5.26 Å². The van der Waals surface area contributed by atoms with Gasteiger partial charge in [0.2, 0.25) is 0 Å². The van der Waals surface area contributed by atoms with Gasteiger partial charge in [-0.25, -0.2) is 0 Å². The third kappa shape index (κ3) is 2.68. The zero-order valence-corrected chi connectivity index (χ0v) is 9.68. The van der Waals surface area contributed by atoms with Crippen LogP contribution in [0.2, 0.25) is 0 Å². The van der Waals surface area contributed by atoms with Crippen molar-refractivity contribution in [3.05, 3.63) is 12.2 Å². The summed E-state index contributed by atoms with van der Waals surface area (Å²) in [4.78, 5) is 12.0. The van der Waals surface area contributed by atoms with Crippen LogP contribution < -0.4 is 0 Å². The van der Waals surface area contributed by atoms with E-state index in [0.29, 0.717) is 31.0 Å². The van der Waals surface area contributed by atoms with Gasteiger partial charge >= 0.3 is 0 Å². The highest BCUT2D eigenvalue weighted by molar-refractivity contribution is 5.85. The summed E-state index contributed by atoms with van der Waals surface area (Å²) in [6, 6.07) is 2.12. The molecule has 0 amide bonds. The lowest BCUT2D eigenvalue weighted by atomic mass is 9.67. The van der Waals surface area contributed by atoms with Crippen LogP contribution in [-0.2, 0) is 4.79 Å². The fourth-order valence-corrected chi connectivity index (χ4v) is 2.22. The predicted octanol–water partition coefficient (Wildman–Crippen LogP) is 3.24. The van der Waals surface area contributed by atoms with Crippen molar-refractivity contribution in [2.24, 2.45) is 11.3 Å². The second-order valence-corrected chi connectivity index (χ2v) is 4.93. The molecule has 1 aliphatic rings. The number of nitriles is 1. The number of carbonyl (C=O) groups excluding carboxylic acids is 1. The van der Waals surface area contributed by atoms with Gasteiger partial charge in [0.05, 0.1) is 6.07 Å². The first-order valence-corrected chi connectivity index (χ1v) is 5.55. The van der Waals surface area contributed by atoms with E-state index >= 15 is 0 Å². The minimum atomic E-state index is -0.248. The second-order valence-electron chi connectivity index (χ2n) is 4.93. The number of Topliss-reactive ketones (excluding diaryl/α,β-unsaturated/α-hetero) is 1. The molecule has 0 saturated heterocycles. The van der Waals surface area contributed by atoms with Crippen LogP contribution in [0.25, 0.3) is 0 Å². The Morgan fingerprint density at radius 2 is 2.40 bits per heavy atom. The lowest BCUT2D eigenvalue weighted by Crippen LogP contribution is -2.34. The van der Waals surface area contributed by atoms with E-state index in [-0.39, 0.29) is 5.41 Å². The molecule has 1 fully saturated rings. The first-order chi connectivity index (χ1) is 6.99. The maximum absolute atomic E-state index is 12.0. The molecule has 2 nitrogen and oxygen atoms in total. The molecule has 0 heterocycles. The number of nitrogens with zero attached hydrogens (tertiary/aromatic N) is 1. The lowest BCUT2D eigenvalue weighted by molar-refractivity contribution is -0.131. The number of hydrogen-bond acceptors (Lipinski definition) is 2. The fraction of sp³-hybridized carbons (Fsp3) is 0.692. The number of hydrogen-bond donors (Lipinski definition) is 0. The standard InChI is InChI=1S/C13H19NO/c1-10(2)11-5-7-13(3,6-4-8-14)12(15)9-11/h11H,1,4-7,9H2,2-3H3. The van der Waals surface area contributed by atoms with Gasteiger partial charge in [0, 0.05) is 18.3 Å². The molecule has 1 saturated carbocycles. The van der Waals surface area contributed by atoms with Crippen molar-refractivity contribution in [1.82, 2.24) is 0 Å². The Balaban J connectivity index is 2.63. The van der Waals surface area contributed by atoms with E-state index in [0.717, 1.165) is 18.4 Å². The summed E-state index contributed by atoms with van der Waals surface area (Å²) in [5, 5.41) is 8.56. The van der Waals surface area contributed by atoms with E-state index in [2.05, 4.69) is 12.6 Å². The predicted molar refractivity (Wildman–Crippen MR) is 60.1 cm³/mol. The van der Waals surface area contributed by atoms with Crippen LogP contribution in [0.15, 0.2) is 12.2 Å². The van der Waals surface area contributed by atoms with E-state index in [1.165, 1.54) is 0 Å². The molecular formula is C13H19NO. The van der Waals surface area contributed by atoms with Crippen molar-refractivity contribution >= 4 is 5.78 Å². The molecule has 1 aliphatic carbocycles. The summed E-state index contributed by atoms with van der Waals surface area (Å²) in [6.45, 7) is 7.92. The number of ketones is 1. The number of rotatable bonds is 3. The highest BCUT2D eigenvalue weighted by atomic mass is 16.1. The molecule has 0 N–H and O–H groups in total. The monoisotopic (exact) mass is 205 g/mol. The molecule has 0 aromatic rings. The lowest BCUT2D eigenvalue weighted by Gasteiger charge is -2.35. The van der Waals surface area contributed by atoms with E-state index in [9.17, 15) is 4.79 Å². The highest BCUT2D eigenvalue weighted by Gasteiger charge is 2.38. The molecule has 2 heteroatoms. The Kier molecular flexibility index (Phi) is 3.68.